The van der Waals surface area contributed by atoms with Crippen molar-refractivity contribution in [2.24, 2.45) is 5.73 Å². The van der Waals surface area contributed by atoms with Gasteiger partial charge in [-0.2, -0.15) is 5.10 Å². The van der Waals surface area contributed by atoms with Gasteiger partial charge in [0.2, 0.25) is 5.78 Å². The van der Waals surface area contributed by atoms with Gasteiger partial charge in [0.25, 0.3) is 17.7 Å². The number of amides is 3. The van der Waals surface area contributed by atoms with E-state index in [4.69, 9.17) is 5.73 Å². The van der Waals surface area contributed by atoms with E-state index < -0.39 is 23.6 Å². The molecule has 38 heavy (non-hydrogen) atoms. The number of carbonyl (C=O) groups excluding carboxylic acids is 4. The molecule has 0 unspecified atom stereocenters. The number of aryl methyl sites for hydroxylation is 1. The Balaban J connectivity index is 1.49. The van der Waals surface area contributed by atoms with Crippen molar-refractivity contribution in [3.63, 3.8) is 0 Å². The van der Waals surface area contributed by atoms with Crippen molar-refractivity contribution in [3.05, 3.63) is 119 Å². The Hall–Kier alpha value is -5.05. The number of nitrogens with two attached hydrogens (primary N) is 1. The summed E-state index contributed by atoms with van der Waals surface area (Å²) in [6, 6.07) is 25.7. The molecule has 0 radical (unpaired) electrons. The Morgan fingerprint density at radius 3 is 2.11 bits per heavy atom. The molecule has 0 fully saturated rings. The van der Waals surface area contributed by atoms with Crippen molar-refractivity contribution >= 4 is 23.5 Å². The van der Waals surface area contributed by atoms with E-state index in [-0.39, 0.29) is 18.0 Å². The molecule has 0 saturated heterocycles. The first-order valence-corrected chi connectivity index (χ1v) is 12.0. The summed E-state index contributed by atoms with van der Waals surface area (Å²) in [5.41, 5.74) is 8.85. The Morgan fingerprint density at radius 1 is 0.842 bits per heavy atom. The van der Waals surface area contributed by atoms with Crippen LogP contribution in [-0.2, 0) is 22.6 Å². The van der Waals surface area contributed by atoms with E-state index in [0.29, 0.717) is 23.5 Å². The van der Waals surface area contributed by atoms with Crippen molar-refractivity contribution in [1.29, 1.82) is 0 Å². The summed E-state index contributed by atoms with van der Waals surface area (Å²) in [4.78, 5) is 49.6. The number of benzene rings is 3. The summed E-state index contributed by atoms with van der Waals surface area (Å²) in [6.07, 6.45) is 0.116. The van der Waals surface area contributed by atoms with E-state index in [9.17, 15) is 19.2 Å². The minimum absolute atomic E-state index is 0.116. The lowest BCUT2D eigenvalue weighted by Gasteiger charge is -2.17. The number of ketones is 1. The van der Waals surface area contributed by atoms with E-state index in [1.165, 1.54) is 4.68 Å². The van der Waals surface area contributed by atoms with Crippen LogP contribution in [0.1, 0.15) is 37.7 Å². The van der Waals surface area contributed by atoms with Gasteiger partial charge in [-0.15, -0.1) is 0 Å². The second-order valence-electron chi connectivity index (χ2n) is 8.74. The molecular formula is C29H27N5O4. The van der Waals surface area contributed by atoms with Crippen molar-refractivity contribution < 1.29 is 19.2 Å². The highest BCUT2D eigenvalue weighted by atomic mass is 16.2. The van der Waals surface area contributed by atoms with Crippen molar-refractivity contribution in [2.45, 2.75) is 25.9 Å². The van der Waals surface area contributed by atoms with Gasteiger partial charge in [-0.05, 0) is 48.4 Å². The molecule has 9 heteroatoms. The monoisotopic (exact) mass is 509 g/mol. The van der Waals surface area contributed by atoms with Crippen LogP contribution in [-0.4, -0.2) is 39.3 Å². The minimum atomic E-state index is -1.12. The topological polar surface area (TPSA) is 136 Å². The molecule has 9 nitrogen and oxygen atoms in total. The predicted molar refractivity (Wildman–Crippen MR) is 142 cm³/mol. The van der Waals surface area contributed by atoms with Gasteiger partial charge in [-0.3, -0.25) is 19.2 Å². The van der Waals surface area contributed by atoms with Gasteiger partial charge < -0.3 is 16.4 Å². The maximum absolute atomic E-state index is 13.2. The highest BCUT2D eigenvalue weighted by Crippen LogP contribution is 2.15. The molecule has 3 amide bonds. The zero-order valence-corrected chi connectivity index (χ0v) is 20.8. The van der Waals surface area contributed by atoms with Crippen LogP contribution < -0.4 is 16.4 Å². The molecule has 4 aromatic rings. The molecule has 1 aromatic heterocycles. The van der Waals surface area contributed by atoms with E-state index in [1.54, 1.807) is 73.7 Å². The number of hydrogen-bond acceptors (Lipinski definition) is 5. The van der Waals surface area contributed by atoms with E-state index in [1.807, 2.05) is 24.3 Å². The fourth-order valence-electron chi connectivity index (χ4n) is 3.95. The van der Waals surface area contributed by atoms with Crippen LogP contribution in [0.5, 0.6) is 0 Å². The normalized spacial score (nSPS) is 11.4. The molecule has 0 saturated carbocycles. The van der Waals surface area contributed by atoms with Gasteiger partial charge in [0.15, 0.2) is 0 Å². The Bertz CT molecular complexity index is 1450. The predicted octanol–water partition coefficient (Wildman–Crippen LogP) is 2.51. The van der Waals surface area contributed by atoms with Gasteiger partial charge >= 0.3 is 0 Å². The third kappa shape index (κ3) is 6.38. The average Bonchev–Trinajstić information content (AvgIpc) is 3.34. The first-order valence-electron chi connectivity index (χ1n) is 12.0. The number of primary amides is 1. The first kappa shape index (κ1) is 26.0. The van der Waals surface area contributed by atoms with Crippen LogP contribution >= 0.6 is 0 Å². The van der Waals surface area contributed by atoms with Crippen LogP contribution in [0.3, 0.4) is 0 Å². The lowest BCUT2D eigenvalue weighted by molar-refractivity contribution is -0.137. The quantitative estimate of drug-likeness (QED) is 0.282. The fourth-order valence-corrected chi connectivity index (χ4v) is 3.95. The lowest BCUT2D eigenvalue weighted by atomic mass is 10.0. The molecule has 1 atom stereocenters. The largest absolute Gasteiger partial charge is 0.363 e. The Labute approximate surface area is 219 Å². The Morgan fingerprint density at radius 2 is 1.47 bits per heavy atom. The van der Waals surface area contributed by atoms with Gasteiger partial charge in [0.1, 0.15) is 11.7 Å². The van der Waals surface area contributed by atoms with Crippen LogP contribution in [0.4, 0.5) is 0 Å². The van der Waals surface area contributed by atoms with E-state index >= 15 is 0 Å². The number of nitrogens with zero attached hydrogens (tertiary/aromatic N) is 2. The molecule has 0 aliphatic heterocycles. The second-order valence-corrected chi connectivity index (χ2v) is 8.74. The summed E-state index contributed by atoms with van der Waals surface area (Å²) >= 11 is 0. The molecule has 192 valence electrons. The Kier molecular flexibility index (Phi) is 8.07. The molecule has 1 heterocycles. The van der Waals surface area contributed by atoms with Crippen molar-refractivity contribution in [1.82, 2.24) is 20.4 Å². The number of rotatable bonds is 10. The van der Waals surface area contributed by atoms with Gasteiger partial charge in [-0.1, -0.05) is 60.7 Å². The molecule has 0 spiro atoms. The molecule has 3 aromatic carbocycles. The van der Waals surface area contributed by atoms with E-state index in [0.717, 1.165) is 11.1 Å². The summed E-state index contributed by atoms with van der Waals surface area (Å²) < 4.78 is 1.46. The van der Waals surface area contributed by atoms with Gasteiger partial charge in [0, 0.05) is 18.5 Å². The van der Waals surface area contributed by atoms with Crippen molar-refractivity contribution in [3.8, 4) is 5.69 Å². The fraction of sp³-hybridized carbons (Fsp3) is 0.138. The zero-order valence-electron chi connectivity index (χ0n) is 20.8. The molecule has 0 bridgehead atoms. The third-order valence-corrected chi connectivity index (χ3v) is 5.88. The number of Topliss-reactive ketones (excluding diaryl/α,β-unsaturated/α-hetero) is 1. The maximum Gasteiger partial charge on any atom is 0.287 e. The number of carbonyl (C=O) groups is 4. The average molecular weight is 510 g/mol. The molecular weight excluding hydrogens is 482 g/mol. The van der Waals surface area contributed by atoms with Crippen LogP contribution in [0.15, 0.2) is 91.0 Å². The summed E-state index contributed by atoms with van der Waals surface area (Å²) in [5, 5.41) is 9.95. The molecule has 4 rings (SSSR count). The van der Waals surface area contributed by atoms with Gasteiger partial charge in [0.05, 0.1) is 11.4 Å². The summed E-state index contributed by atoms with van der Waals surface area (Å²) in [5.74, 6) is -2.75. The second kappa shape index (κ2) is 11.8. The minimum Gasteiger partial charge on any atom is -0.363 e. The first-order chi connectivity index (χ1) is 18.3. The molecule has 0 aliphatic rings. The highest BCUT2D eigenvalue weighted by Gasteiger charge is 2.27. The summed E-state index contributed by atoms with van der Waals surface area (Å²) in [6.45, 7) is 2.08. The van der Waals surface area contributed by atoms with Crippen molar-refractivity contribution in [2.75, 3.05) is 0 Å². The highest BCUT2D eigenvalue weighted by molar-refractivity contribution is 6.38. The maximum atomic E-state index is 13.2. The smallest absolute Gasteiger partial charge is 0.287 e. The standard InChI is InChI=1S/C29H27N5O4/c1-19-16-25(29(38)32-24(26(35)27(30)36)17-20-8-4-2-5-9-20)34(33-19)23-14-12-21(13-15-23)18-31-28(37)22-10-6-3-7-11-22/h2-16,24H,17-18H2,1H3,(H2,30,36)(H,31,37)(H,32,38)/t24-/m0/s1. The van der Waals surface area contributed by atoms with E-state index in [2.05, 4.69) is 15.7 Å². The zero-order chi connectivity index (χ0) is 27.1. The lowest BCUT2D eigenvalue weighted by Crippen LogP contribution is -2.47. The van der Waals surface area contributed by atoms with Crippen LogP contribution in [0.25, 0.3) is 5.69 Å². The molecule has 4 N–H and O–H groups in total. The molecule has 0 aliphatic carbocycles. The third-order valence-electron chi connectivity index (χ3n) is 5.88. The SMILES string of the molecule is Cc1cc(C(=O)N[C@@H](Cc2ccccc2)C(=O)C(N)=O)n(-c2ccc(CNC(=O)c3ccccc3)cc2)n1. The number of aromatic nitrogens is 2. The van der Waals surface area contributed by atoms with Crippen LogP contribution in [0.2, 0.25) is 0 Å². The van der Waals surface area contributed by atoms with Gasteiger partial charge in [-0.25, -0.2) is 4.68 Å². The number of nitrogens with one attached hydrogen (secondary N) is 2. The summed E-state index contributed by atoms with van der Waals surface area (Å²) in [7, 11) is 0. The van der Waals surface area contributed by atoms with Crippen LogP contribution in [0, 0.1) is 6.92 Å². The number of hydrogen-bond donors (Lipinski definition) is 3.